The van der Waals surface area contributed by atoms with Crippen LogP contribution in [0.5, 0.6) is 0 Å². The van der Waals surface area contributed by atoms with Gasteiger partial charge in [-0.1, -0.05) is 11.6 Å². The zero-order valence-corrected chi connectivity index (χ0v) is 10.5. The lowest BCUT2D eigenvalue weighted by molar-refractivity contribution is -0.125. The van der Waals surface area contributed by atoms with Crippen molar-refractivity contribution < 1.29 is 22.7 Å². The van der Waals surface area contributed by atoms with E-state index in [2.05, 4.69) is 0 Å². The number of aliphatic hydroxyl groups excluding tert-OH is 1. The van der Waals surface area contributed by atoms with Crippen molar-refractivity contribution in [2.75, 3.05) is 6.54 Å². The van der Waals surface area contributed by atoms with Crippen LogP contribution in [-0.4, -0.2) is 32.1 Å². The van der Waals surface area contributed by atoms with Crippen LogP contribution in [-0.2, 0) is 14.8 Å². The molecule has 6 nitrogen and oxygen atoms in total. The molecule has 0 aliphatic rings. The number of carbonyl (C=O) groups is 1. The number of primary amides is 1. The molecule has 18 heavy (non-hydrogen) atoms. The second-order valence-corrected chi connectivity index (χ2v) is 5.52. The summed E-state index contributed by atoms with van der Waals surface area (Å²) in [7, 11) is -4.00. The predicted molar refractivity (Wildman–Crippen MR) is 61.8 cm³/mol. The molecular formula is C9H10ClFN2O4S. The normalized spacial score (nSPS) is 13.3. The molecule has 0 aromatic heterocycles. The van der Waals surface area contributed by atoms with Crippen molar-refractivity contribution in [1.29, 1.82) is 0 Å². The Bertz CT molecular complexity index is 564. The van der Waals surface area contributed by atoms with Gasteiger partial charge in [-0.25, -0.2) is 17.5 Å². The molecule has 0 radical (unpaired) electrons. The number of aliphatic hydroxyl groups is 1. The molecule has 0 saturated heterocycles. The maximum absolute atomic E-state index is 12.9. The predicted octanol–water partition coefficient (Wildman–Crippen LogP) is -0.396. The van der Waals surface area contributed by atoms with Crippen LogP contribution >= 0.6 is 11.6 Å². The molecule has 1 aromatic carbocycles. The maximum atomic E-state index is 12.9. The van der Waals surface area contributed by atoms with Crippen molar-refractivity contribution in [2.45, 2.75) is 11.0 Å². The highest BCUT2D eigenvalue weighted by Gasteiger charge is 2.19. The van der Waals surface area contributed by atoms with Gasteiger partial charge in [-0.15, -0.1) is 0 Å². The SMILES string of the molecule is NC(=O)C(O)CNS(=O)(=O)c1ccc(F)c(Cl)c1. The number of nitrogens with two attached hydrogens (primary N) is 1. The Morgan fingerprint density at radius 1 is 1.56 bits per heavy atom. The van der Waals surface area contributed by atoms with Crippen LogP contribution in [0.1, 0.15) is 0 Å². The van der Waals surface area contributed by atoms with Gasteiger partial charge in [0.15, 0.2) is 0 Å². The van der Waals surface area contributed by atoms with Gasteiger partial charge in [0, 0.05) is 6.54 Å². The van der Waals surface area contributed by atoms with Gasteiger partial charge in [-0.3, -0.25) is 4.79 Å². The maximum Gasteiger partial charge on any atom is 0.247 e. The Balaban J connectivity index is 2.87. The van der Waals surface area contributed by atoms with E-state index in [0.29, 0.717) is 0 Å². The number of sulfonamides is 1. The van der Waals surface area contributed by atoms with Gasteiger partial charge in [0.05, 0.1) is 9.92 Å². The van der Waals surface area contributed by atoms with Gasteiger partial charge in [-0.05, 0) is 18.2 Å². The number of hydrogen-bond acceptors (Lipinski definition) is 4. The summed E-state index contributed by atoms with van der Waals surface area (Å²) < 4.78 is 38.1. The minimum absolute atomic E-state index is 0.287. The average Bonchev–Trinajstić information content (AvgIpc) is 2.29. The number of benzene rings is 1. The van der Waals surface area contributed by atoms with Crippen LogP contribution in [0.15, 0.2) is 23.1 Å². The van der Waals surface area contributed by atoms with E-state index in [1.165, 1.54) is 0 Å². The minimum atomic E-state index is -4.00. The fourth-order valence-corrected chi connectivity index (χ4v) is 2.33. The molecule has 100 valence electrons. The standard InChI is InChI=1S/C9H10ClFN2O4S/c10-6-3-5(1-2-7(6)11)18(16,17)13-4-8(14)9(12)15/h1-3,8,13-14H,4H2,(H2,12,15). The minimum Gasteiger partial charge on any atom is -0.382 e. The first-order valence-corrected chi connectivity index (χ1v) is 6.52. The van der Waals surface area contributed by atoms with E-state index in [-0.39, 0.29) is 9.92 Å². The fourth-order valence-electron chi connectivity index (χ4n) is 1.02. The molecule has 9 heteroatoms. The fraction of sp³-hybridized carbons (Fsp3) is 0.222. The first-order chi connectivity index (χ1) is 8.24. The van der Waals surface area contributed by atoms with E-state index in [1.54, 1.807) is 0 Å². The molecular weight excluding hydrogens is 287 g/mol. The first-order valence-electron chi connectivity index (χ1n) is 4.66. The first kappa shape index (κ1) is 14.8. The van der Waals surface area contributed by atoms with Crippen LogP contribution in [0, 0.1) is 5.82 Å². The highest BCUT2D eigenvalue weighted by molar-refractivity contribution is 7.89. The number of rotatable bonds is 5. The summed E-state index contributed by atoms with van der Waals surface area (Å²) in [5, 5.41) is 8.69. The molecule has 1 aromatic rings. The Morgan fingerprint density at radius 3 is 2.67 bits per heavy atom. The van der Waals surface area contributed by atoms with Crippen LogP contribution in [0.3, 0.4) is 0 Å². The lowest BCUT2D eigenvalue weighted by Crippen LogP contribution is -2.39. The van der Waals surface area contributed by atoms with Crippen molar-refractivity contribution >= 4 is 27.5 Å². The monoisotopic (exact) mass is 296 g/mol. The zero-order chi connectivity index (χ0) is 13.9. The molecule has 0 bridgehead atoms. The number of halogens is 2. The Morgan fingerprint density at radius 2 is 2.17 bits per heavy atom. The third-order valence-electron chi connectivity index (χ3n) is 2.00. The molecule has 1 amide bonds. The quantitative estimate of drug-likeness (QED) is 0.687. The van der Waals surface area contributed by atoms with Gasteiger partial charge < -0.3 is 10.8 Å². The Kier molecular flexibility index (Phi) is 4.63. The van der Waals surface area contributed by atoms with E-state index in [9.17, 15) is 17.6 Å². The van der Waals surface area contributed by atoms with E-state index in [4.69, 9.17) is 22.4 Å². The third-order valence-corrected chi connectivity index (χ3v) is 3.71. The number of hydrogen-bond donors (Lipinski definition) is 3. The summed E-state index contributed by atoms with van der Waals surface area (Å²) >= 11 is 5.44. The van der Waals surface area contributed by atoms with Gasteiger partial charge >= 0.3 is 0 Å². The highest BCUT2D eigenvalue weighted by atomic mass is 35.5. The molecule has 1 atom stereocenters. The van der Waals surface area contributed by atoms with Crippen molar-refractivity contribution in [3.8, 4) is 0 Å². The second-order valence-electron chi connectivity index (χ2n) is 3.35. The summed E-state index contributed by atoms with van der Waals surface area (Å²) in [5.74, 6) is -1.82. The topological polar surface area (TPSA) is 109 Å². The molecule has 0 aliphatic carbocycles. The van der Waals surface area contributed by atoms with Gasteiger partial charge in [0.1, 0.15) is 11.9 Å². The van der Waals surface area contributed by atoms with Crippen LogP contribution in [0.4, 0.5) is 4.39 Å². The lowest BCUT2D eigenvalue weighted by Gasteiger charge is -2.09. The number of amides is 1. The second kappa shape index (κ2) is 5.61. The molecule has 0 heterocycles. The van der Waals surface area contributed by atoms with Crippen molar-refractivity contribution in [1.82, 2.24) is 4.72 Å². The molecule has 4 N–H and O–H groups in total. The molecule has 0 aliphatic heterocycles. The van der Waals surface area contributed by atoms with Crippen molar-refractivity contribution in [3.63, 3.8) is 0 Å². The van der Waals surface area contributed by atoms with E-state index >= 15 is 0 Å². The molecule has 0 spiro atoms. The summed E-state index contributed by atoms with van der Waals surface area (Å²) in [6, 6.07) is 2.80. The smallest absolute Gasteiger partial charge is 0.247 e. The number of carbonyl (C=O) groups excluding carboxylic acids is 1. The van der Waals surface area contributed by atoms with E-state index < -0.39 is 34.4 Å². The van der Waals surface area contributed by atoms with Crippen LogP contribution in [0.25, 0.3) is 0 Å². The van der Waals surface area contributed by atoms with Gasteiger partial charge in [0.25, 0.3) is 0 Å². The van der Waals surface area contributed by atoms with E-state index in [0.717, 1.165) is 18.2 Å². The summed E-state index contributed by atoms with van der Waals surface area (Å²) in [4.78, 5) is 10.2. The van der Waals surface area contributed by atoms with Crippen molar-refractivity contribution in [3.05, 3.63) is 29.0 Å². The summed E-state index contributed by atoms with van der Waals surface area (Å²) in [5.41, 5.74) is 4.75. The van der Waals surface area contributed by atoms with Gasteiger partial charge in [-0.2, -0.15) is 0 Å². The Hall–Kier alpha value is -1.22. The van der Waals surface area contributed by atoms with Crippen LogP contribution < -0.4 is 10.5 Å². The van der Waals surface area contributed by atoms with Crippen molar-refractivity contribution in [2.24, 2.45) is 5.73 Å². The molecule has 1 rings (SSSR count). The van der Waals surface area contributed by atoms with E-state index in [1.807, 2.05) is 4.72 Å². The highest BCUT2D eigenvalue weighted by Crippen LogP contribution is 2.19. The lowest BCUT2D eigenvalue weighted by atomic mass is 10.3. The Labute approximate surface area is 108 Å². The zero-order valence-electron chi connectivity index (χ0n) is 8.93. The number of nitrogens with one attached hydrogen (secondary N) is 1. The molecule has 1 unspecified atom stereocenters. The molecule has 0 fully saturated rings. The third kappa shape index (κ3) is 3.64. The summed E-state index contributed by atoms with van der Waals surface area (Å²) in [6.07, 6.45) is -1.64. The molecule has 0 saturated carbocycles. The summed E-state index contributed by atoms with van der Waals surface area (Å²) in [6.45, 7) is -0.577. The van der Waals surface area contributed by atoms with Gasteiger partial charge in [0.2, 0.25) is 15.9 Å². The average molecular weight is 297 g/mol. The van der Waals surface area contributed by atoms with Crippen LogP contribution in [0.2, 0.25) is 5.02 Å². The largest absolute Gasteiger partial charge is 0.382 e.